The standard InChI is InChI=1S/C16H17N3O/c1-12-11-15(19-9-7-14(20)8-10-19)18-16(17-12)13-5-3-2-4-6-13/h2-6,11H,7-10H2,1H3. The molecule has 20 heavy (non-hydrogen) atoms. The first-order valence-electron chi connectivity index (χ1n) is 6.90. The minimum atomic E-state index is 0.343. The molecule has 1 fully saturated rings. The summed E-state index contributed by atoms with van der Waals surface area (Å²) in [7, 11) is 0. The molecular formula is C16H17N3O. The quantitative estimate of drug-likeness (QED) is 0.839. The number of aromatic nitrogens is 2. The molecule has 1 aliphatic heterocycles. The average Bonchev–Trinajstić information content (AvgIpc) is 2.48. The summed E-state index contributed by atoms with van der Waals surface area (Å²) < 4.78 is 0. The Labute approximate surface area is 118 Å². The predicted octanol–water partition coefficient (Wildman–Crippen LogP) is 2.62. The summed E-state index contributed by atoms with van der Waals surface area (Å²) in [5.74, 6) is 2.01. The molecule has 1 aromatic carbocycles. The summed E-state index contributed by atoms with van der Waals surface area (Å²) in [4.78, 5) is 22.7. The summed E-state index contributed by atoms with van der Waals surface area (Å²) in [5.41, 5.74) is 1.97. The Morgan fingerprint density at radius 1 is 1.05 bits per heavy atom. The number of ketones is 1. The molecular weight excluding hydrogens is 250 g/mol. The van der Waals surface area contributed by atoms with Gasteiger partial charge in [-0.2, -0.15) is 0 Å². The zero-order valence-corrected chi connectivity index (χ0v) is 11.5. The van der Waals surface area contributed by atoms with Crippen LogP contribution in [0.5, 0.6) is 0 Å². The number of piperidine rings is 1. The van der Waals surface area contributed by atoms with E-state index in [4.69, 9.17) is 0 Å². The van der Waals surface area contributed by atoms with Gasteiger partial charge in [0.25, 0.3) is 0 Å². The fraction of sp³-hybridized carbons (Fsp3) is 0.312. The Balaban J connectivity index is 1.93. The lowest BCUT2D eigenvalue weighted by molar-refractivity contribution is -0.119. The third-order valence-corrected chi connectivity index (χ3v) is 3.52. The minimum Gasteiger partial charge on any atom is -0.356 e. The van der Waals surface area contributed by atoms with E-state index in [0.717, 1.165) is 36.0 Å². The maximum Gasteiger partial charge on any atom is 0.161 e. The lowest BCUT2D eigenvalue weighted by Crippen LogP contribution is -2.34. The average molecular weight is 267 g/mol. The van der Waals surface area contributed by atoms with Crippen LogP contribution in [0.3, 0.4) is 0 Å². The van der Waals surface area contributed by atoms with E-state index in [9.17, 15) is 4.79 Å². The predicted molar refractivity (Wildman–Crippen MR) is 78.7 cm³/mol. The largest absolute Gasteiger partial charge is 0.356 e. The Bertz CT molecular complexity index is 615. The number of carbonyl (C=O) groups is 1. The summed E-state index contributed by atoms with van der Waals surface area (Å²) in [5, 5.41) is 0. The van der Waals surface area contributed by atoms with Crippen molar-refractivity contribution >= 4 is 11.6 Å². The second-order valence-electron chi connectivity index (χ2n) is 5.08. The summed E-state index contributed by atoms with van der Waals surface area (Å²) in [6.45, 7) is 3.49. The zero-order valence-electron chi connectivity index (χ0n) is 11.5. The molecule has 0 aliphatic carbocycles. The Kier molecular flexibility index (Phi) is 3.46. The van der Waals surface area contributed by atoms with Gasteiger partial charge in [0.1, 0.15) is 11.6 Å². The molecule has 0 atom stereocenters. The van der Waals surface area contributed by atoms with Crippen molar-refractivity contribution in [3.05, 3.63) is 42.1 Å². The number of benzene rings is 1. The number of hydrogen-bond acceptors (Lipinski definition) is 4. The van der Waals surface area contributed by atoms with Crippen molar-refractivity contribution in [2.75, 3.05) is 18.0 Å². The molecule has 4 heteroatoms. The monoisotopic (exact) mass is 267 g/mol. The van der Waals surface area contributed by atoms with Crippen LogP contribution in [0.1, 0.15) is 18.5 Å². The molecule has 2 aromatic rings. The van der Waals surface area contributed by atoms with Gasteiger partial charge in [-0.1, -0.05) is 30.3 Å². The second-order valence-corrected chi connectivity index (χ2v) is 5.08. The van der Waals surface area contributed by atoms with Crippen LogP contribution in [0.15, 0.2) is 36.4 Å². The maximum atomic E-state index is 11.3. The van der Waals surface area contributed by atoms with E-state index in [0.29, 0.717) is 18.6 Å². The number of anilines is 1. The maximum absolute atomic E-state index is 11.3. The third-order valence-electron chi connectivity index (χ3n) is 3.52. The van der Waals surface area contributed by atoms with Crippen LogP contribution in [0.4, 0.5) is 5.82 Å². The Hall–Kier alpha value is -2.23. The first-order chi connectivity index (χ1) is 9.72. The molecule has 0 bridgehead atoms. The van der Waals surface area contributed by atoms with Gasteiger partial charge in [-0.3, -0.25) is 4.79 Å². The lowest BCUT2D eigenvalue weighted by Gasteiger charge is -2.27. The highest BCUT2D eigenvalue weighted by atomic mass is 16.1. The van der Waals surface area contributed by atoms with Crippen molar-refractivity contribution in [3.8, 4) is 11.4 Å². The molecule has 102 valence electrons. The lowest BCUT2D eigenvalue weighted by atomic mass is 10.1. The van der Waals surface area contributed by atoms with Crippen LogP contribution in [-0.2, 0) is 4.79 Å². The Morgan fingerprint density at radius 3 is 2.45 bits per heavy atom. The van der Waals surface area contributed by atoms with Crippen molar-refractivity contribution in [2.45, 2.75) is 19.8 Å². The van der Waals surface area contributed by atoms with Crippen molar-refractivity contribution in [3.63, 3.8) is 0 Å². The zero-order chi connectivity index (χ0) is 13.9. The Morgan fingerprint density at radius 2 is 1.75 bits per heavy atom. The number of aryl methyl sites for hydroxylation is 1. The normalized spacial score (nSPS) is 15.4. The SMILES string of the molecule is Cc1cc(N2CCC(=O)CC2)nc(-c2ccccc2)n1. The van der Waals surface area contributed by atoms with Crippen LogP contribution in [0.2, 0.25) is 0 Å². The van der Waals surface area contributed by atoms with E-state index in [1.165, 1.54) is 0 Å². The highest BCUT2D eigenvalue weighted by molar-refractivity contribution is 5.80. The van der Waals surface area contributed by atoms with Gasteiger partial charge in [0, 0.05) is 43.3 Å². The number of carbonyl (C=O) groups excluding carboxylic acids is 1. The van der Waals surface area contributed by atoms with Crippen molar-refractivity contribution in [2.24, 2.45) is 0 Å². The van der Waals surface area contributed by atoms with E-state index >= 15 is 0 Å². The van der Waals surface area contributed by atoms with E-state index < -0.39 is 0 Å². The number of nitrogens with zero attached hydrogens (tertiary/aromatic N) is 3. The molecule has 0 saturated carbocycles. The van der Waals surface area contributed by atoms with Gasteiger partial charge >= 0.3 is 0 Å². The molecule has 4 nitrogen and oxygen atoms in total. The molecule has 1 aliphatic rings. The van der Waals surface area contributed by atoms with Gasteiger partial charge in [-0.25, -0.2) is 9.97 Å². The topological polar surface area (TPSA) is 46.1 Å². The number of Topliss-reactive ketones (excluding diaryl/α,β-unsaturated/α-hetero) is 1. The first kappa shape index (κ1) is 12.8. The van der Waals surface area contributed by atoms with Gasteiger partial charge in [0.15, 0.2) is 5.82 Å². The van der Waals surface area contributed by atoms with Crippen LogP contribution in [0.25, 0.3) is 11.4 Å². The fourth-order valence-corrected chi connectivity index (χ4v) is 2.42. The van der Waals surface area contributed by atoms with Crippen LogP contribution in [0, 0.1) is 6.92 Å². The van der Waals surface area contributed by atoms with Crippen molar-refractivity contribution in [1.29, 1.82) is 0 Å². The van der Waals surface area contributed by atoms with E-state index in [1.54, 1.807) is 0 Å². The van der Waals surface area contributed by atoms with E-state index in [2.05, 4.69) is 14.9 Å². The smallest absolute Gasteiger partial charge is 0.161 e. The van der Waals surface area contributed by atoms with Gasteiger partial charge in [0.05, 0.1) is 0 Å². The summed E-state index contributed by atoms with van der Waals surface area (Å²) >= 11 is 0. The molecule has 0 N–H and O–H groups in total. The molecule has 0 amide bonds. The first-order valence-corrected chi connectivity index (χ1v) is 6.90. The molecule has 0 unspecified atom stereocenters. The van der Waals surface area contributed by atoms with Crippen LogP contribution in [-0.4, -0.2) is 28.8 Å². The van der Waals surface area contributed by atoms with Crippen LogP contribution >= 0.6 is 0 Å². The highest BCUT2D eigenvalue weighted by Gasteiger charge is 2.18. The summed E-state index contributed by atoms with van der Waals surface area (Å²) in [6, 6.07) is 12.0. The van der Waals surface area contributed by atoms with Gasteiger partial charge in [-0.15, -0.1) is 0 Å². The van der Waals surface area contributed by atoms with Gasteiger partial charge < -0.3 is 4.90 Å². The van der Waals surface area contributed by atoms with Crippen molar-refractivity contribution < 1.29 is 4.79 Å². The molecule has 1 saturated heterocycles. The minimum absolute atomic E-state index is 0.343. The number of rotatable bonds is 2. The fourth-order valence-electron chi connectivity index (χ4n) is 2.42. The third kappa shape index (κ3) is 2.69. The van der Waals surface area contributed by atoms with E-state index in [-0.39, 0.29) is 0 Å². The van der Waals surface area contributed by atoms with Crippen molar-refractivity contribution in [1.82, 2.24) is 9.97 Å². The molecule has 0 radical (unpaired) electrons. The molecule has 2 heterocycles. The van der Waals surface area contributed by atoms with E-state index in [1.807, 2.05) is 43.3 Å². The summed E-state index contributed by atoms with van der Waals surface area (Å²) in [6.07, 6.45) is 1.23. The second kappa shape index (κ2) is 5.41. The highest BCUT2D eigenvalue weighted by Crippen LogP contribution is 2.21. The van der Waals surface area contributed by atoms with Gasteiger partial charge in [0.2, 0.25) is 0 Å². The molecule has 3 rings (SSSR count). The van der Waals surface area contributed by atoms with Crippen LogP contribution < -0.4 is 4.90 Å². The molecule has 1 aromatic heterocycles. The van der Waals surface area contributed by atoms with Gasteiger partial charge in [-0.05, 0) is 6.92 Å². The molecule has 0 spiro atoms. The number of hydrogen-bond donors (Lipinski definition) is 0.